The van der Waals surface area contributed by atoms with Crippen molar-refractivity contribution in [2.24, 2.45) is 17.3 Å². The summed E-state index contributed by atoms with van der Waals surface area (Å²) in [4.78, 5) is 32.0. The Morgan fingerprint density at radius 1 is 1.06 bits per heavy atom. The van der Waals surface area contributed by atoms with E-state index in [2.05, 4.69) is 41.5 Å². The standard InChI is InChI=1S/C26H33N3O2/c1-18(2)28-25(31)26(10-14-29(15-11-26)24(30)23-16-19(23)3)17-20-4-6-21(7-5-20)22-8-12-27-13-9-22/h4-9,12-13,18-19,23H,10-11,14-17H2,1-3H3,(H,28,31)/t19-,23+/m1/s1. The molecule has 0 spiro atoms. The molecule has 0 bridgehead atoms. The zero-order valence-electron chi connectivity index (χ0n) is 18.8. The number of hydrogen-bond donors (Lipinski definition) is 1. The van der Waals surface area contributed by atoms with E-state index in [0.717, 1.165) is 23.1 Å². The molecule has 2 amide bonds. The number of piperidine rings is 1. The zero-order chi connectivity index (χ0) is 22.0. The number of hydrogen-bond acceptors (Lipinski definition) is 3. The lowest BCUT2D eigenvalue weighted by atomic mass is 9.72. The first-order valence-electron chi connectivity index (χ1n) is 11.5. The predicted octanol–water partition coefficient (Wildman–Crippen LogP) is 4.08. The third-order valence-corrected chi connectivity index (χ3v) is 6.87. The quantitative estimate of drug-likeness (QED) is 0.767. The van der Waals surface area contributed by atoms with Crippen LogP contribution in [0.25, 0.3) is 11.1 Å². The summed E-state index contributed by atoms with van der Waals surface area (Å²) < 4.78 is 0. The summed E-state index contributed by atoms with van der Waals surface area (Å²) in [5.74, 6) is 1.12. The third-order valence-electron chi connectivity index (χ3n) is 6.87. The van der Waals surface area contributed by atoms with Crippen LogP contribution in [0.5, 0.6) is 0 Å². The fraction of sp³-hybridized carbons (Fsp3) is 0.500. The van der Waals surface area contributed by atoms with E-state index in [9.17, 15) is 9.59 Å². The molecular weight excluding hydrogens is 386 g/mol. The predicted molar refractivity (Wildman–Crippen MR) is 122 cm³/mol. The number of likely N-dealkylation sites (tertiary alicyclic amines) is 1. The minimum absolute atomic E-state index is 0.102. The Balaban J connectivity index is 1.49. The van der Waals surface area contributed by atoms with Crippen molar-refractivity contribution < 1.29 is 9.59 Å². The maximum absolute atomic E-state index is 13.3. The Morgan fingerprint density at radius 2 is 1.65 bits per heavy atom. The maximum atomic E-state index is 13.3. The summed E-state index contributed by atoms with van der Waals surface area (Å²) in [6.07, 6.45) is 6.73. The van der Waals surface area contributed by atoms with Crippen molar-refractivity contribution in [2.45, 2.75) is 52.5 Å². The smallest absolute Gasteiger partial charge is 0.226 e. The number of benzene rings is 1. The highest BCUT2D eigenvalue weighted by Gasteiger charge is 2.46. The van der Waals surface area contributed by atoms with Gasteiger partial charge in [0.2, 0.25) is 11.8 Å². The van der Waals surface area contributed by atoms with Crippen molar-refractivity contribution in [3.63, 3.8) is 0 Å². The van der Waals surface area contributed by atoms with Crippen LogP contribution < -0.4 is 5.32 Å². The Kier molecular flexibility index (Phi) is 6.12. The van der Waals surface area contributed by atoms with Crippen molar-refractivity contribution >= 4 is 11.8 Å². The molecule has 2 fully saturated rings. The maximum Gasteiger partial charge on any atom is 0.226 e. The van der Waals surface area contributed by atoms with Crippen molar-refractivity contribution in [2.75, 3.05) is 13.1 Å². The molecule has 31 heavy (non-hydrogen) atoms. The van der Waals surface area contributed by atoms with Crippen LogP contribution in [-0.4, -0.2) is 40.8 Å². The molecule has 4 rings (SSSR count). The zero-order valence-corrected chi connectivity index (χ0v) is 18.8. The second-order valence-electron chi connectivity index (χ2n) is 9.66. The molecule has 1 saturated carbocycles. The highest BCUT2D eigenvalue weighted by Crippen LogP contribution is 2.42. The number of nitrogens with one attached hydrogen (secondary N) is 1. The Bertz CT molecular complexity index is 915. The van der Waals surface area contributed by atoms with Gasteiger partial charge < -0.3 is 10.2 Å². The van der Waals surface area contributed by atoms with E-state index in [0.29, 0.717) is 38.3 Å². The lowest BCUT2D eigenvalue weighted by Gasteiger charge is -2.41. The number of rotatable bonds is 6. The minimum atomic E-state index is -0.464. The molecule has 164 valence electrons. The molecule has 5 nitrogen and oxygen atoms in total. The first-order valence-corrected chi connectivity index (χ1v) is 11.5. The lowest BCUT2D eigenvalue weighted by Crippen LogP contribution is -2.52. The van der Waals surface area contributed by atoms with E-state index in [1.807, 2.05) is 30.9 Å². The number of pyridine rings is 1. The molecule has 1 aliphatic carbocycles. The van der Waals surface area contributed by atoms with Gasteiger partial charge in [0.05, 0.1) is 5.41 Å². The molecule has 1 aromatic carbocycles. The summed E-state index contributed by atoms with van der Waals surface area (Å²) in [5, 5.41) is 3.15. The molecule has 2 aliphatic rings. The highest BCUT2D eigenvalue weighted by molar-refractivity contribution is 5.85. The normalized spacial score (nSPS) is 22.3. The fourth-order valence-corrected chi connectivity index (χ4v) is 4.71. The van der Waals surface area contributed by atoms with Crippen molar-refractivity contribution in [1.82, 2.24) is 15.2 Å². The van der Waals surface area contributed by atoms with Crippen LogP contribution in [0.1, 0.15) is 45.6 Å². The van der Waals surface area contributed by atoms with E-state index in [4.69, 9.17) is 0 Å². The van der Waals surface area contributed by atoms with E-state index in [1.165, 1.54) is 0 Å². The number of nitrogens with zero attached hydrogens (tertiary/aromatic N) is 2. The second-order valence-corrected chi connectivity index (χ2v) is 9.66. The molecule has 5 heteroatoms. The molecule has 1 aliphatic heterocycles. The molecule has 0 radical (unpaired) electrons. The molecule has 2 heterocycles. The van der Waals surface area contributed by atoms with E-state index in [-0.39, 0.29) is 23.8 Å². The van der Waals surface area contributed by atoms with Gasteiger partial charge in [0.1, 0.15) is 0 Å². The van der Waals surface area contributed by atoms with Gasteiger partial charge in [-0.15, -0.1) is 0 Å². The first kappa shape index (κ1) is 21.5. The topological polar surface area (TPSA) is 62.3 Å². The SMILES string of the molecule is CC(C)NC(=O)C1(Cc2ccc(-c3ccncc3)cc2)CCN(C(=O)[C@H]2C[C@H]2C)CC1. The summed E-state index contributed by atoms with van der Waals surface area (Å²) in [6, 6.07) is 12.6. The van der Waals surface area contributed by atoms with E-state index in [1.54, 1.807) is 12.4 Å². The molecule has 2 atom stereocenters. The Labute approximate surface area is 185 Å². The van der Waals surface area contributed by atoms with Gasteiger partial charge in [0.15, 0.2) is 0 Å². The van der Waals surface area contributed by atoms with Gasteiger partial charge in [-0.05, 0) is 74.3 Å². The largest absolute Gasteiger partial charge is 0.353 e. The van der Waals surface area contributed by atoms with Crippen LogP contribution in [0.2, 0.25) is 0 Å². The Morgan fingerprint density at radius 3 is 2.19 bits per heavy atom. The molecule has 2 aromatic rings. The minimum Gasteiger partial charge on any atom is -0.353 e. The van der Waals surface area contributed by atoms with Gasteiger partial charge in [0, 0.05) is 37.4 Å². The lowest BCUT2D eigenvalue weighted by molar-refractivity contribution is -0.141. The van der Waals surface area contributed by atoms with Crippen LogP contribution in [0.15, 0.2) is 48.8 Å². The van der Waals surface area contributed by atoms with Crippen LogP contribution in [0, 0.1) is 17.3 Å². The molecule has 1 aromatic heterocycles. The summed E-state index contributed by atoms with van der Waals surface area (Å²) >= 11 is 0. The summed E-state index contributed by atoms with van der Waals surface area (Å²) in [5.41, 5.74) is 2.97. The number of carbonyl (C=O) groups is 2. The number of amides is 2. The highest BCUT2D eigenvalue weighted by atomic mass is 16.2. The van der Waals surface area contributed by atoms with E-state index < -0.39 is 5.41 Å². The monoisotopic (exact) mass is 419 g/mol. The summed E-state index contributed by atoms with van der Waals surface area (Å²) in [7, 11) is 0. The van der Waals surface area contributed by atoms with Gasteiger partial charge in [-0.25, -0.2) is 0 Å². The van der Waals surface area contributed by atoms with Crippen molar-refractivity contribution in [3.05, 3.63) is 54.4 Å². The molecule has 1 saturated heterocycles. The average molecular weight is 420 g/mol. The number of carbonyl (C=O) groups excluding carboxylic acids is 2. The van der Waals surface area contributed by atoms with Gasteiger partial charge in [-0.1, -0.05) is 31.2 Å². The molecule has 0 unspecified atom stereocenters. The molecule has 1 N–H and O–H groups in total. The fourth-order valence-electron chi connectivity index (χ4n) is 4.71. The van der Waals surface area contributed by atoms with Crippen LogP contribution in [0.4, 0.5) is 0 Å². The van der Waals surface area contributed by atoms with Crippen LogP contribution >= 0.6 is 0 Å². The number of aromatic nitrogens is 1. The van der Waals surface area contributed by atoms with E-state index >= 15 is 0 Å². The van der Waals surface area contributed by atoms with Crippen LogP contribution in [-0.2, 0) is 16.0 Å². The van der Waals surface area contributed by atoms with Gasteiger partial charge in [-0.3, -0.25) is 14.6 Å². The van der Waals surface area contributed by atoms with Gasteiger partial charge in [0.25, 0.3) is 0 Å². The average Bonchev–Trinajstić information content (AvgIpc) is 3.51. The Hall–Kier alpha value is -2.69. The van der Waals surface area contributed by atoms with Crippen molar-refractivity contribution in [1.29, 1.82) is 0 Å². The first-order chi connectivity index (χ1) is 14.9. The summed E-state index contributed by atoms with van der Waals surface area (Å²) in [6.45, 7) is 7.48. The second kappa shape index (κ2) is 8.81. The third kappa shape index (κ3) is 4.81. The van der Waals surface area contributed by atoms with Crippen LogP contribution in [0.3, 0.4) is 0 Å². The molecular formula is C26H33N3O2. The van der Waals surface area contributed by atoms with Gasteiger partial charge in [-0.2, -0.15) is 0 Å². The van der Waals surface area contributed by atoms with Gasteiger partial charge >= 0.3 is 0 Å². The van der Waals surface area contributed by atoms with Crippen molar-refractivity contribution in [3.8, 4) is 11.1 Å².